The zero-order chi connectivity index (χ0) is 43.5. The largest absolute Gasteiger partial charge is 0.544 e. The molecule has 0 saturated carbocycles. The second-order valence-corrected chi connectivity index (χ2v) is 18.0. The molecule has 346 valence electrons. The number of likely N-dealkylation sites (N-methyl/N-ethyl adjacent to an activating group) is 1. The van der Waals surface area contributed by atoms with E-state index in [0.717, 1.165) is 38.5 Å². The Balaban J connectivity index is 4.24. The minimum Gasteiger partial charge on any atom is -0.544 e. The van der Waals surface area contributed by atoms with Crippen molar-refractivity contribution in [3.05, 3.63) is 24.3 Å². The molecule has 0 amide bonds. The number of allylic oxidation sites excluding steroid dienone is 4. The number of nitrogens with zero attached hydrogens (tertiary/aromatic N) is 1. The molecule has 0 fully saturated rings. The number of carboxylic acids is 1. The summed E-state index contributed by atoms with van der Waals surface area (Å²) in [5, 5.41) is 11.6. The van der Waals surface area contributed by atoms with Gasteiger partial charge in [-0.25, -0.2) is 0 Å². The van der Waals surface area contributed by atoms with Crippen LogP contribution in [0.3, 0.4) is 0 Å². The number of hydrogen-bond acceptors (Lipinski definition) is 7. The van der Waals surface area contributed by atoms with Gasteiger partial charge in [-0.05, 0) is 64.2 Å². The lowest BCUT2D eigenvalue weighted by atomic mass is 10.1. The maximum Gasteiger partial charge on any atom is 0.306 e. The van der Waals surface area contributed by atoms with Crippen molar-refractivity contribution in [1.29, 1.82) is 0 Å². The summed E-state index contributed by atoms with van der Waals surface area (Å²) >= 11 is 0. The van der Waals surface area contributed by atoms with Crippen LogP contribution >= 0.6 is 0 Å². The molecule has 0 aliphatic heterocycles. The molecule has 2 atom stereocenters. The highest BCUT2D eigenvalue weighted by molar-refractivity contribution is 5.70. The standard InChI is InChI=1S/C51H95NO7/c1-6-8-10-12-14-16-18-20-22-23-24-25-26-28-29-31-33-35-37-39-41-49(53)58-46-47(45-57-44-43-48(51(55)56)52(3,4)5)59-50(54)42-40-38-36-34-32-30-27-21-19-17-15-13-11-9-7-2/h17,19,24-25,47-48H,6-16,18,20-23,26-46H2,1-5H3/b19-17+,25-24+. The first kappa shape index (κ1) is 56.8. The fourth-order valence-corrected chi connectivity index (χ4v) is 7.41. The molecule has 0 heterocycles. The van der Waals surface area contributed by atoms with Crippen molar-refractivity contribution in [3.8, 4) is 0 Å². The van der Waals surface area contributed by atoms with Gasteiger partial charge in [0.05, 0.1) is 40.3 Å². The summed E-state index contributed by atoms with van der Waals surface area (Å²) in [7, 11) is 5.42. The number of hydrogen-bond donors (Lipinski definition) is 0. The predicted octanol–water partition coefficient (Wildman–Crippen LogP) is 12.7. The van der Waals surface area contributed by atoms with Crippen molar-refractivity contribution in [2.75, 3.05) is 41.0 Å². The summed E-state index contributed by atoms with van der Waals surface area (Å²) in [6.07, 6.45) is 47.7. The SMILES string of the molecule is CCCCCC/C=C/CCCCCCCCCC(=O)OC(COCCC(C(=O)[O-])[N+](C)(C)C)COC(=O)CCCCCCCCC/C=C/CCCCCCCCCCC. The lowest BCUT2D eigenvalue weighted by Crippen LogP contribution is -2.55. The molecule has 0 saturated heterocycles. The number of quaternary nitrogens is 1. The van der Waals surface area contributed by atoms with Gasteiger partial charge in [0.15, 0.2) is 6.10 Å². The summed E-state index contributed by atoms with van der Waals surface area (Å²) in [5.74, 6) is -1.73. The smallest absolute Gasteiger partial charge is 0.306 e. The molecule has 0 aromatic heterocycles. The van der Waals surface area contributed by atoms with E-state index in [9.17, 15) is 19.5 Å². The first-order valence-electron chi connectivity index (χ1n) is 24.9. The van der Waals surface area contributed by atoms with Crippen LogP contribution in [0.1, 0.15) is 232 Å². The molecule has 0 spiro atoms. The van der Waals surface area contributed by atoms with Crippen molar-refractivity contribution in [2.45, 2.75) is 244 Å². The minimum atomic E-state index is -1.12. The lowest BCUT2D eigenvalue weighted by Gasteiger charge is -2.34. The zero-order valence-electron chi connectivity index (χ0n) is 39.4. The molecule has 8 heteroatoms. The van der Waals surface area contributed by atoms with Crippen LogP contribution in [-0.2, 0) is 28.6 Å². The van der Waals surface area contributed by atoms with Crippen LogP contribution in [0.4, 0.5) is 0 Å². The van der Waals surface area contributed by atoms with Crippen LogP contribution in [0.5, 0.6) is 0 Å². The second-order valence-electron chi connectivity index (χ2n) is 18.0. The van der Waals surface area contributed by atoms with Gasteiger partial charge in [-0.15, -0.1) is 0 Å². The molecule has 0 aromatic carbocycles. The van der Waals surface area contributed by atoms with E-state index < -0.39 is 18.1 Å². The van der Waals surface area contributed by atoms with E-state index in [1.165, 1.54) is 161 Å². The fraction of sp³-hybridized carbons (Fsp3) is 0.863. The molecule has 0 rings (SSSR count). The third-order valence-corrected chi connectivity index (χ3v) is 11.3. The van der Waals surface area contributed by atoms with Crippen LogP contribution in [0.25, 0.3) is 0 Å². The summed E-state index contributed by atoms with van der Waals surface area (Å²) in [4.78, 5) is 37.0. The highest BCUT2D eigenvalue weighted by Gasteiger charge is 2.25. The van der Waals surface area contributed by atoms with Gasteiger partial charge >= 0.3 is 11.9 Å². The second kappa shape index (κ2) is 42.5. The topological polar surface area (TPSA) is 102 Å². The average molecular weight is 834 g/mol. The quantitative estimate of drug-likeness (QED) is 0.0260. The zero-order valence-corrected chi connectivity index (χ0v) is 39.4. The van der Waals surface area contributed by atoms with Crippen LogP contribution in [0.15, 0.2) is 24.3 Å². The third-order valence-electron chi connectivity index (χ3n) is 11.3. The number of ether oxygens (including phenoxy) is 3. The summed E-state index contributed by atoms with van der Waals surface area (Å²) in [6, 6.07) is -0.725. The highest BCUT2D eigenvalue weighted by Crippen LogP contribution is 2.15. The molecule has 0 aliphatic carbocycles. The summed E-state index contributed by atoms with van der Waals surface area (Å²) in [5.41, 5.74) is 0. The summed E-state index contributed by atoms with van der Waals surface area (Å²) < 4.78 is 17.2. The average Bonchev–Trinajstić information content (AvgIpc) is 3.19. The third kappa shape index (κ3) is 41.0. The molecular formula is C51H95NO7. The van der Waals surface area contributed by atoms with Crippen molar-refractivity contribution in [2.24, 2.45) is 0 Å². The monoisotopic (exact) mass is 834 g/mol. The molecule has 0 aliphatic rings. The van der Waals surface area contributed by atoms with Crippen LogP contribution in [-0.4, -0.2) is 75.5 Å². The summed E-state index contributed by atoms with van der Waals surface area (Å²) in [6.45, 7) is 4.67. The van der Waals surface area contributed by atoms with Gasteiger partial charge in [0.2, 0.25) is 0 Å². The van der Waals surface area contributed by atoms with Crippen molar-refractivity contribution < 1.29 is 38.2 Å². The first-order chi connectivity index (χ1) is 28.6. The Morgan fingerprint density at radius 1 is 0.492 bits per heavy atom. The molecule has 0 bridgehead atoms. The molecule has 0 N–H and O–H groups in total. The van der Waals surface area contributed by atoms with Crippen LogP contribution in [0, 0.1) is 0 Å². The Bertz CT molecular complexity index is 1020. The van der Waals surface area contributed by atoms with Gasteiger partial charge in [0.25, 0.3) is 0 Å². The molecule has 0 radical (unpaired) electrons. The van der Waals surface area contributed by atoms with Crippen molar-refractivity contribution >= 4 is 17.9 Å². The number of unbranched alkanes of at least 4 members (excludes halogenated alkanes) is 27. The molecule has 59 heavy (non-hydrogen) atoms. The Kier molecular flexibility index (Phi) is 40.9. The van der Waals surface area contributed by atoms with Crippen molar-refractivity contribution in [3.63, 3.8) is 0 Å². The molecule has 8 nitrogen and oxygen atoms in total. The number of rotatable bonds is 45. The van der Waals surface area contributed by atoms with Gasteiger partial charge in [0.1, 0.15) is 12.6 Å². The number of esters is 2. The van der Waals surface area contributed by atoms with Crippen LogP contribution < -0.4 is 5.11 Å². The lowest BCUT2D eigenvalue weighted by molar-refractivity contribution is -0.889. The number of carbonyl (C=O) groups excluding carboxylic acids is 3. The van der Waals surface area contributed by atoms with E-state index in [1.807, 2.05) is 0 Å². The van der Waals surface area contributed by atoms with Gasteiger partial charge < -0.3 is 28.6 Å². The molecule has 0 aromatic rings. The normalized spacial score (nSPS) is 13.0. The first-order valence-corrected chi connectivity index (χ1v) is 24.9. The van der Waals surface area contributed by atoms with E-state index in [0.29, 0.717) is 12.8 Å². The van der Waals surface area contributed by atoms with Crippen molar-refractivity contribution in [1.82, 2.24) is 0 Å². The predicted molar refractivity (Wildman–Crippen MR) is 245 cm³/mol. The maximum atomic E-state index is 12.7. The number of carbonyl (C=O) groups is 3. The Labute approximate surface area is 364 Å². The van der Waals surface area contributed by atoms with E-state index in [1.54, 1.807) is 21.1 Å². The number of carboxylic acid groups (broad SMARTS) is 1. The van der Waals surface area contributed by atoms with E-state index in [4.69, 9.17) is 14.2 Å². The van der Waals surface area contributed by atoms with E-state index >= 15 is 0 Å². The van der Waals surface area contributed by atoms with Gasteiger partial charge in [0, 0.05) is 19.3 Å². The van der Waals surface area contributed by atoms with E-state index in [2.05, 4.69) is 38.2 Å². The number of aliphatic carboxylic acids is 1. The van der Waals surface area contributed by atoms with Crippen LogP contribution in [0.2, 0.25) is 0 Å². The Hall–Kier alpha value is -2.19. The Morgan fingerprint density at radius 3 is 1.24 bits per heavy atom. The molecule has 2 unspecified atom stereocenters. The van der Waals surface area contributed by atoms with Gasteiger partial charge in [-0.1, -0.05) is 173 Å². The van der Waals surface area contributed by atoms with E-state index in [-0.39, 0.29) is 42.7 Å². The Morgan fingerprint density at radius 2 is 0.847 bits per heavy atom. The fourth-order valence-electron chi connectivity index (χ4n) is 7.41. The highest BCUT2D eigenvalue weighted by atomic mass is 16.6. The maximum absolute atomic E-state index is 12.7. The molecular weight excluding hydrogens is 739 g/mol. The van der Waals surface area contributed by atoms with Gasteiger partial charge in [-0.2, -0.15) is 0 Å². The minimum absolute atomic E-state index is 0.0408. The van der Waals surface area contributed by atoms with Gasteiger partial charge in [-0.3, -0.25) is 9.59 Å².